The van der Waals surface area contributed by atoms with Gasteiger partial charge in [-0.1, -0.05) is 64.9 Å². The van der Waals surface area contributed by atoms with Crippen molar-refractivity contribution < 1.29 is 9.53 Å². The number of anilines is 1. The van der Waals surface area contributed by atoms with Crippen LogP contribution in [0.25, 0.3) is 37.7 Å². The molecule has 1 amide bonds. The van der Waals surface area contributed by atoms with E-state index in [4.69, 9.17) is 32.9 Å². The molecule has 0 aliphatic rings. The summed E-state index contributed by atoms with van der Waals surface area (Å²) < 4.78 is 9.05. The predicted molar refractivity (Wildman–Crippen MR) is 150 cm³/mol. The topological polar surface area (TPSA) is 68.5 Å². The molecule has 3 heterocycles. The molecule has 0 unspecified atom stereocenters. The van der Waals surface area contributed by atoms with E-state index in [2.05, 4.69) is 26.8 Å². The third-order valence-electron chi connectivity index (χ3n) is 5.75. The summed E-state index contributed by atoms with van der Waals surface area (Å²) in [5, 5.41) is 3.65. The number of aromatic nitrogens is 3. The standard InChI is InChI=1S/C28H18Cl2N4O2S/c29-19-12-8-17(9-13-19)26-27(34-21-4-1-2-5-22(21)37-28(34)33-26)18-10-14-20(15-11-18)36-16-25(35)32-24-7-3-6-23(30)31-24/h1-15H,16H2,(H,31,32,35). The van der Waals surface area contributed by atoms with Crippen LogP contribution in [-0.4, -0.2) is 26.9 Å². The highest BCUT2D eigenvalue weighted by Gasteiger charge is 2.20. The fourth-order valence-electron chi connectivity index (χ4n) is 4.11. The van der Waals surface area contributed by atoms with Crippen molar-refractivity contribution >= 4 is 61.4 Å². The van der Waals surface area contributed by atoms with Crippen LogP contribution in [-0.2, 0) is 4.79 Å². The number of rotatable bonds is 6. The second-order valence-electron chi connectivity index (χ2n) is 8.21. The van der Waals surface area contributed by atoms with Crippen LogP contribution < -0.4 is 10.1 Å². The molecule has 0 atom stereocenters. The number of halogens is 2. The van der Waals surface area contributed by atoms with E-state index in [1.807, 2.05) is 60.7 Å². The van der Waals surface area contributed by atoms with E-state index >= 15 is 0 Å². The van der Waals surface area contributed by atoms with Crippen LogP contribution in [0.5, 0.6) is 5.75 Å². The number of pyridine rings is 1. The maximum absolute atomic E-state index is 12.3. The SMILES string of the molecule is O=C(COc1ccc(-c2c(-c3ccc(Cl)cc3)nc3sc4ccccc4n23)cc1)Nc1cccc(Cl)n1. The fourth-order valence-corrected chi connectivity index (χ4v) is 5.42. The van der Waals surface area contributed by atoms with Gasteiger partial charge in [-0.3, -0.25) is 9.20 Å². The number of imidazole rings is 1. The van der Waals surface area contributed by atoms with Gasteiger partial charge in [-0.2, -0.15) is 0 Å². The van der Waals surface area contributed by atoms with Gasteiger partial charge in [0, 0.05) is 16.1 Å². The first-order chi connectivity index (χ1) is 18.0. The van der Waals surface area contributed by atoms with Crippen LogP contribution in [0, 0.1) is 0 Å². The van der Waals surface area contributed by atoms with Crippen LogP contribution >= 0.6 is 34.5 Å². The van der Waals surface area contributed by atoms with Gasteiger partial charge in [0.2, 0.25) is 0 Å². The molecule has 0 fully saturated rings. The third-order valence-corrected chi connectivity index (χ3v) is 7.24. The summed E-state index contributed by atoms with van der Waals surface area (Å²) in [4.78, 5) is 22.2. The summed E-state index contributed by atoms with van der Waals surface area (Å²) >= 11 is 13.7. The number of hydrogen-bond acceptors (Lipinski definition) is 5. The lowest BCUT2D eigenvalue weighted by molar-refractivity contribution is -0.118. The summed E-state index contributed by atoms with van der Waals surface area (Å²) in [6.07, 6.45) is 0. The molecule has 3 aromatic heterocycles. The minimum absolute atomic E-state index is 0.157. The lowest BCUT2D eigenvalue weighted by Crippen LogP contribution is -2.20. The van der Waals surface area contributed by atoms with Gasteiger partial charge in [0.15, 0.2) is 11.6 Å². The first-order valence-electron chi connectivity index (χ1n) is 11.4. The van der Waals surface area contributed by atoms with Gasteiger partial charge >= 0.3 is 0 Å². The van der Waals surface area contributed by atoms with Crippen molar-refractivity contribution in [2.45, 2.75) is 0 Å². The van der Waals surface area contributed by atoms with Crippen LogP contribution in [0.4, 0.5) is 5.82 Å². The molecule has 0 spiro atoms. The number of fused-ring (bicyclic) bond motifs is 3. The van der Waals surface area contributed by atoms with E-state index in [-0.39, 0.29) is 12.5 Å². The molecule has 6 aromatic rings. The Morgan fingerprint density at radius 3 is 2.41 bits per heavy atom. The van der Waals surface area contributed by atoms with Gasteiger partial charge in [0.25, 0.3) is 5.91 Å². The number of para-hydroxylation sites is 1. The van der Waals surface area contributed by atoms with Crippen molar-refractivity contribution in [3.63, 3.8) is 0 Å². The molecule has 0 radical (unpaired) electrons. The Bertz CT molecular complexity index is 1740. The lowest BCUT2D eigenvalue weighted by Gasteiger charge is -2.09. The summed E-state index contributed by atoms with van der Waals surface area (Å²) in [5.74, 6) is 0.618. The highest BCUT2D eigenvalue weighted by atomic mass is 35.5. The molecular formula is C28H18Cl2N4O2S. The Kier molecular flexibility index (Phi) is 6.26. The van der Waals surface area contributed by atoms with Gasteiger partial charge < -0.3 is 10.1 Å². The zero-order valence-electron chi connectivity index (χ0n) is 19.2. The maximum Gasteiger partial charge on any atom is 0.263 e. The minimum Gasteiger partial charge on any atom is -0.484 e. The van der Waals surface area contributed by atoms with Crippen molar-refractivity contribution in [1.82, 2.24) is 14.4 Å². The number of benzene rings is 3. The molecule has 182 valence electrons. The second kappa shape index (κ2) is 9.86. The first kappa shape index (κ1) is 23.5. The van der Waals surface area contributed by atoms with Crippen LogP contribution in [0.1, 0.15) is 0 Å². The minimum atomic E-state index is -0.328. The molecule has 6 rings (SSSR count). The molecule has 0 saturated carbocycles. The molecule has 1 N–H and O–H groups in total. The molecule has 3 aromatic carbocycles. The number of nitrogens with one attached hydrogen (secondary N) is 1. The van der Waals surface area contributed by atoms with Gasteiger partial charge in [0.05, 0.1) is 21.6 Å². The van der Waals surface area contributed by atoms with Crippen molar-refractivity contribution in [3.05, 3.63) is 101 Å². The van der Waals surface area contributed by atoms with Crippen molar-refractivity contribution in [1.29, 1.82) is 0 Å². The molecule has 0 saturated heterocycles. The molecule has 6 nitrogen and oxygen atoms in total. The van der Waals surface area contributed by atoms with Crippen molar-refractivity contribution in [3.8, 4) is 28.3 Å². The summed E-state index contributed by atoms with van der Waals surface area (Å²) in [6, 6.07) is 28.6. The Balaban J connectivity index is 1.31. The Hall–Kier alpha value is -3.91. The highest BCUT2D eigenvalue weighted by molar-refractivity contribution is 7.23. The quantitative estimate of drug-likeness (QED) is 0.219. The first-order valence-corrected chi connectivity index (χ1v) is 12.9. The van der Waals surface area contributed by atoms with E-state index in [9.17, 15) is 4.79 Å². The van der Waals surface area contributed by atoms with Crippen LogP contribution in [0.2, 0.25) is 10.2 Å². The maximum atomic E-state index is 12.3. The fraction of sp³-hybridized carbons (Fsp3) is 0.0357. The van der Waals surface area contributed by atoms with E-state index < -0.39 is 0 Å². The Morgan fingerprint density at radius 2 is 1.62 bits per heavy atom. The summed E-state index contributed by atoms with van der Waals surface area (Å²) in [6.45, 7) is -0.157. The Morgan fingerprint density at radius 1 is 0.865 bits per heavy atom. The second-order valence-corrected chi connectivity index (χ2v) is 10.0. The molecular weight excluding hydrogens is 527 g/mol. The summed E-state index contributed by atoms with van der Waals surface area (Å²) in [5.41, 5.74) is 4.89. The van der Waals surface area contributed by atoms with Crippen LogP contribution in [0.15, 0.2) is 91.0 Å². The van der Waals surface area contributed by atoms with E-state index in [0.29, 0.717) is 21.7 Å². The van der Waals surface area contributed by atoms with E-state index in [1.165, 1.54) is 0 Å². The predicted octanol–water partition coefficient (Wildman–Crippen LogP) is 7.60. The average Bonchev–Trinajstić information content (AvgIpc) is 3.45. The molecule has 0 aliphatic carbocycles. The smallest absolute Gasteiger partial charge is 0.263 e. The van der Waals surface area contributed by atoms with E-state index in [0.717, 1.165) is 37.7 Å². The molecule has 9 heteroatoms. The largest absolute Gasteiger partial charge is 0.484 e. The van der Waals surface area contributed by atoms with Crippen molar-refractivity contribution in [2.75, 3.05) is 11.9 Å². The highest BCUT2D eigenvalue weighted by Crippen LogP contribution is 2.39. The zero-order chi connectivity index (χ0) is 25.4. The molecule has 0 aliphatic heterocycles. The Labute approximate surface area is 226 Å². The zero-order valence-corrected chi connectivity index (χ0v) is 21.5. The number of carbonyl (C=O) groups is 1. The molecule has 0 bridgehead atoms. The van der Waals surface area contributed by atoms with Gasteiger partial charge in [-0.05, 0) is 60.7 Å². The number of nitrogens with zero attached hydrogens (tertiary/aromatic N) is 3. The summed E-state index contributed by atoms with van der Waals surface area (Å²) in [7, 11) is 0. The number of carbonyl (C=O) groups excluding carboxylic acids is 1. The number of amides is 1. The number of hydrogen-bond donors (Lipinski definition) is 1. The van der Waals surface area contributed by atoms with Gasteiger partial charge in [-0.15, -0.1) is 0 Å². The monoisotopic (exact) mass is 544 g/mol. The third kappa shape index (κ3) is 4.76. The lowest BCUT2D eigenvalue weighted by atomic mass is 10.0. The number of thiazole rings is 1. The number of ether oxygens (including phenoxy) is 1. The molecule has 37 heavy (non-hydrogen) atoms. The van der Waals surface area contributed by atoms with Crippen molar-refractivity contribution in [2.24, 2.45) is 0 Å². The average molecular weight is 545 g/mol. The van der Waals surface area contributed by atoms with Crippen LogP contribution in [0.3, 0.4) is 0 Å². The van der Waals surface area contributed by atoms with Gasteiger partial charge in [0.1, 0.15) is 16.7 Å². The van der Waals surface area contributed by atoms with Gasteiger partial charge in [-0.25, -0.2) is 9.97 Å². The normalized spacial score (nSPS) is 11.2. The van der Waals surface area contributed by atoms with E-state index in [1.54, 1.807) is 29.5 Å².